The van der Waals surface area contributed by atoms with Crippen molar-refractivity contribution in [2.75, 3.05) is 0 Å². The van der Waals surface area contributed by atoms with E-state index in [1.807, 2.05) is 12.3 Å². The maximum Gasteiger partial charge on any atom is 0.170 e. The molecule has 1 saturated heterocycles. The first kappa shape index (κ1) is 20.3. The molecule has 1 saturated carbocycles. The SMILES string of the molecule is Cc1cccc(-n2c(C)cc([C@@H]3[C@H](c4ccccn4)NC(=S)N3C3CCCC3)c2C)c1. The molecular weight excluding hydrogens is 400 g/mol. The van der Waals surface area contributed by atoms with Gasteiger partial charge in [-0.1, -0.05) is 31.0 Å². The third kappa shape index (κ3) is 3.55. The summed E-state index contributed by atoms with van der Waals surface area (Å²) < 4.78 is 2.38. The Morgan fingerprint density at radius 3 is 2.52 bits per heavy atom. The average Bonchev–Trinajstić information content (AvgIpc) is 3.46. The number of hydrogen-bond acceptors (Lipinski definition) is 2. The molecular formula is C26H30N4S. The number of pyridine rings is 1. The van der Waals surface area contributed by atoms with E-state index in [0.29, 0.717) is 6.04 Å². The Bertz CT molecular complexity index is 1100. The van der Waals surface area contributed by atoms with E-state index in [1.165, 1.54) is 53.9 Å². The standard InChI is InChI=1S/C26H30N4S/c1-17-9-8-12-21(15-17)29-18(2)16-22(19(29)3)25-24(23-13-6-7-14-27-23)28-26(31)30(25)20-10-4-5-11-20/h6-9,12-16,20,24-25H,4-5,10-11H2,1-3H3,(H,28,31)/t24-,25+/m0/s1. The monoisotopic (exact) mass is 430 g/mol. The molecule has 1 N–H and O–H groups in total. The van der Waals surface area contributed by atoms with Crippen molar-refractivity contribution in [3.8, 4) is 5.69 Å². The van der Waals surface area contributed by atoms with Crippen LogP contribution in [0.2, 0.25) is 0 Å². The van der Waals surface area contributed by atoms with Gasteiger partial charge in [-0.25, -0.2) is 0 Å². The predicted molar refractivity (Wildman–Crippen MR) is 130 cm³/mol. The third-order valence-corrected chi connectivity index (χ3v) is 7.23. The van der Waals surface area contributed by atoms with Crippen LogP contribution >= 0.6 is 12.2 Å². The molecule has 4 nitrogen and oxygen atoms in total. The van der Waals surface area contributed by atoms with Crippen LogP contribution in [-0.2, 0) is 0 Å². The van der Waals surface area contributed by atoms with Crippen LogP contribution in [-0.4, -0.2) is 25.6 Å². The first-order valence-electron chi connectivity index (χ1n) is 11.3. The minimum absolute atomic E-state index is 0.0563. The molecule has 31 heavy (non-hydrogen) atoms. The summed E-state index contributed by atoms with van der Waals surface area (Å²) in [5.41, 5.74) is 7.42. The maximum absolute atomic E-state index is 5.90. The number of thiocarbonyl (C=S) groups is 1. The molecule has 2 aliphatic rings. The summed E-state index contributed by atoms with van der Waals surface area (Å²) in [6.45, 7) is 6.60. The van der Waals surface area contributed by atoms with Gasteiger partial charge in [0.2, 0.25) is 0 Å². The highest BCUT2D eigenvalue weighted by Crippen LogP contribution is 2.44. The Morgan fingerprint density at radius 1 is 1.00 bits per heavy atom. The Hall–Kier alpha value is -2.66. The van der Waals surface area contributed by atoms with Crippen molar-refractivity contribution in [3.05, 3.63) is 82.9 Å². The zero-order valence-electron chi connectivity index (χ0n) is 18.5. The van der Waals surface area contributed by atoms with Crippen molar-refractivity contribution < 1.29 is 0 Å². The van der Waals surface area contributed by atoms with Crippen LogP contribution in [0.3, 0.4) is 0 Å². The second-order valence-electron chi connectivity index (χ2n) is 8.97. The molecule has 0 unspecified atom stereocenters. The molecule has 1 aliphatic heterocycles. The normalized spacial score (nSPS) is 21.6. The van der Waals surface area contributed by atoms with Gasteiger partial charge in [-0.15, -0.1) is 0 Å². The summed E-state index contributed by atoms with van der Waals surface area (Å²) >= 11 is 5.90. The number of nitrogens with zero attached hydrogens (tertiary/aromatic N) is 3. The highest BCUT2D eigenvalue weighted by molar-refractivity contribution is 7.80. The van der Waals surface area contributed by atoms with E-state index in [9.17, 15) is 0 Å². The van der Waals surface area contributed by atoms with Crippen molar-refractivity contribution in [1.29, 1.82) is 0 Å². The first-order chi connectivity index (χ1) is 15.0. The summed E-state index contributed by atoms with van der Waals surface area (Å²) in [6, 6.07) is 18.0. The van der Waals surface area contributed by atoms with E-state index in [-0.39, 0.29) is 12.1 Å². The van der Waals surface area contributed by atoms with Gasteiger partial charge in [0.25, 0.3) is 0 Å². The Kier molecular flexibility index (Phi) is 5.30. The lowest BCUT2D eigenvalue weighted by Crippen LogP contribution is -2.37. The molecule has 160 valence electrons. The number of nitrogens with one attached hydrogen (secondary N) is 1. The smallest absolute Gasteiger partial charge is 0.170 e. The topological polar surface area (TPSA) is 33.1 Å². The minimum Gasteiger partial charge on any atom is -0.352 e. The zero-order chi connectivity index (χ0) is 21.5. The first-order valence-corrected chi connectivity index (χ1v) is 11.7. The van der Waals surface area contributed by atoms with Crippen LogP contribution < -0.4 is 5.32 Å². The van der Waals surface area contributed by atoms with Gasteiger partial charge in [0.1, 0.15) is 0 Å². The van der Waals surface area contributed by atoms with Crippen LogP contribution in [0.5, 0.6) is 0 Å². The van der Waals surface area contributed by atoms with E-state index in [4.69, 9.17) is 17.2 Å². The number of hydrogen-bond donors (Lipinski definition) is 1. The number of aryl methyl sites for hydroxylation is 2. The summed E-state index contributed by atoms with van der Waals surface area (Å²) in [6.07, 6.45) is 6.87. The third-order valence-electron chi connectivity index (χ3n) is 6.90. The van der Waals surface area contributed by atoms with E-state index in [1.54, 1.807) is 0 Å². The molecule has 0 radical (unpaired) electrons. The van der Waals surface area contributed by atoms with E-state index >= 15 is 0 Å². The van der Waals surface area contributed by atoms with E-state index in [2.05, 4.69) is 78.0 Å². The van der Waals surface area contributed by atoms with Gasteiger partial charge in [-0.2, -0.15) is 0 Å². The van der Waals surface area contributed by atoms with Crippen molar-refractivity contribution in [1.82, 2.24) is 19.8 Å². The number of rotatable bonds is 4. The summed E-state index contributed by atoms with van der Waals surface area (Å²) in [5, 5.41) is 4.50. The molecule has 2 fully saturated rings. The maximum atomic E-state index is 5.90. The molecule has 1 aromatic carbocycles. The van der Waals surface area contributed by atoms with E-state index < -0.39 is 0 Å². The van der Waals surface area contributed by atoms with Gasteiger partial charge in [-0.3, -0.25) is 4.98 Å². The van der Waals surface area contributed by atoms with Crippen LogP contribution in [0.25, 0.3) is 5.69 Å². The van der Waals surface area contributed by atoms with Crippen LogP contribution in [0.4, 0.5) is 0 Å². The van der Waals surface area contributed by atoms with Gasteiger partial charge in [0, 0.05) is 29.3 Å². The van der Waals surface area contributed by atoms with Crippen LogP contribution in [0.1, 0.15) is 66.0 Å². The van der Waals surface area contributed by atoms with E-state index in [0.717, 1.165) is 10.8 Å². The summed E-state index contributed by atoms with van der Waals surface area (Å²) in [4.78, 5) is 7.20. The Balaban J connectivity index is 1.64. The summed E-state index contributed by atoms with van der Waals surface area (Å²) in [5.74, 6) is 0. The highest BCUT2D eigenvalue weighted by atomic mass is 32.1. The predicted octanol–water partition coefficient (Wildman–Crippen LogP) is 5.71. The molecule has 5 rings (SSSR count). The largest absolute Gasteiger partial charge is 0.352 e. The summed E-state index contributed by atoms with van der Waals surface area (Å²) in [7, 11) is 0. The van der Waals surface area contributed by atoms with Crippen LogP contribution in [0.15, 0.2) is 54.7 Å². The van der Waals surface area contributed by atoms with Crippen molar-refractivity contribution in [3.63, 3.8) is 0 Å². The van der Waals surface area contributed by atoms with Gasteiger partial charge >= 0.3 is 0 Å². The Morgan fingerprint density at radius 2 is 1.81 bits per heavy atom. The molecule has 2 aromatic heterocycles. The lowest BCUT2D eigenvalue weighted by molar-refractivity contribution is 0.245. The van der Waals surface area contributed by atoms with Crippen molar-refractivity contribution in [2.24, 2.45) is 0 Å². The lowest BCUT2D eigenvalue weighted by Gasteiger charge is -2.33. The molecule has 1 aliphatic carbocycles. The highest BCUT2D eigenvalue weighted by Gasteiger charge is 2.44. The number of aromatic nitrogens is 2. The average molecular weight is 431 g/mol. The second kappa shape index (κ2) is 8.12. The lowest BCUT2D eigenvalue weighted by atomic mass is 9.95. The van der Waals surface area contributed by atoms with Crippen molar-refractivity contribution in [2.45, 2.75) is 64.6 Å². The second-order valence-corrected chi connectivity index (χ2v) is 9.36. The molecule has 0 bridgehead atoms. The molecule has 2 atom stereocenters. The number of benzene rings is 1. The van der Waals surface area contributed by atoms with Gasteiger partial charge < -0.3 is 14.8 Å². The quantitative estimate of drug-likeness (QED) is 0.537. The van der Waals surface area contributed by atoms with Gasteiger partial charge in [-0.05, 0) is 87.3 Å². The van der Waals surface area contributed by atoms with Crippen LogP contribution in [0, 0.1) is 20.8 Å². The Labute approximate surface area is 190 Å². The van der Waals surface area contributed by atoms with Crippen molar-refractivity contribution >= 4 is 17.3 Å². The molecule has 3 heterocycles. The molecule has 0 spiro atoms. The van der Waals surface area contributed by atoms with Gasteiger partial charge in [0.05, 0.1) is 17.8 Å². The zero-order valence-corrected chi connectivity index (χ0v) is 19.3. The fraction of sp³-hybridized carbons (Fsp3) is 0.385. The minimum atomic E-state index is 0.0563. The molecule has 3 aromatic rings. The molecule has 0 amide bonds. The fourth-order valence-electron chi connectivity index (χ4n) is 5.53. The van der Waals surface area contributed by atoms with Gasteiger partial charge in [0.15, 0.2) is 5.11 Å². The fourth-order valence-corrected chi connectivity index (χ4v) is 5.91. The molecule has 5 heteroatoms.